The number of nitrogens with zero attached hydrogens (tertiary/aromatic N) is 1. The van der Waals surface area contributed by atoms with Gasteiger partial charge in [-0.3, -0.25) is 9.59 Å². The lowest BCUT2D eigenvalue weighted by Gasteiger charge is -2.23. The van der Waals surface area contributed by atoms with E-state index < -0.39 is 17.8 Å². The molecule has 1 rings (SSSR count). The molecule has 0 bridgehead atoms. The number of hydrogen-bond donors (Lipinski definition) is 1. The van der Waals surface area contributed by atoms with E-state index in [1.807, 2.05) is 17.5 Å². The van der Waals surface area contributed by atoms with Gasteiger partial charge in [0.2, 0.25) is 5.91 Å². The van der Waals surface area contributed by atoms with Crippen molar-refractivity contribution >= 4 is 23.2 Å². The van der Waals surface area contributed by atoms with Crippen LogP contribution in [0.1, 0.15) is 18.7 Å². The van der Waals surface area contributed by atoms with Crippen molar-refractivity contribution in [2.75, 3.05) is 7.05 Å². The molecular formula is C12H17NO3S. The molecule has 5 heteroatoms. The minimum Gasteiger partial charge on any atom is -0.481 e. The van der Waals surface area contributed by atoms with Crippen molar-refractivity contribution in [1.82, 2.24) is 4.90 Å². The lowest BCUT2D eigenvalue weighted by molar-refractivity contribution is -0.148. The maximum atomic E-state index is 12.0. The SMILES string of the molecule is CC(C(=O)O)C(C)C(=O)N(C)Cc1cccs1. The quantitative estimate of drug-likeness (QED) is 0.876. The highest BCUT2D eigenvalue weighted by atomic mass is 32.1. The van der Waals surface area contributed by atoms with Crippen LogP contribution in [-0.4, -0.2) is 28.9 Å². The molecule has 0 fully saturated rings. The van der Waals surface area contributed by atoms with Crippen molar-refractivity contribution < 1.29 is 14.7 Å². The van der Waals surface area contributed by atoms with Gasteiger partial charge in [-0.25, -0.2) is 0 Å². The summed E-state index contributed by atoms with van der Waals surface area (Å²) in [6.07, 6.45) is 0. The monoisotopic (exact) mass is 255 g/mol. The average Bonchev–Trinajstić information content (AvgIpc) is 2.78. The lowest BCUT2D eigenvalue weighted by atomic mass is 9.95. The molecule has 0 saturated carbocycles. The van der Waals surface area contributed by atoms with Crippen molar-refractivity contribution in [1.29, 1.82) is 0 Å². The van der Waals surface area contributed by atoms with Crippen molar-refractivity contribution in [3.8, 4) is 0 Å². The fourth-order valence-corrected chi connectivity index (χ4v) is 2.25. The maximum absolute atomic E-state index is 12.0. The normalized spacial score (nSPS) is 14.1. The number of carbonyl (C=O) groups excluding carboxylic acids is 1. The van der Waals surface area contributed by atoms with E-state index in [4.69, 9.17) is 5.11 Å². The Hall–Kier alpha value is -1.36. The van der Waals surface area contributed by atoms with Gasteiger partial charge in [-0.15, -0.1) is 11.3 Å². The number of thiophene rings is 1. The predicted molar refractivity (Wildman–Crippen MR) is 66.8 cm³/mol. The van der Waals surface area contributed by atoms with E-state index in [1.165, 1.54) is 0 Å². The van der Waals surface area contributed by atoms with Crippen molar-refractivity contribution in [2.24, 2.45) is 11.8 Å². The maximum Gasteiger partial charge on any atom is 0.307 e. The summed E-state index contributed by atoms with van der Waals surface area (Å²) in [5.41, 5.74) is 0. The number of carbonyl (C=O) groups is 2. The number of rotatable bonds is 5. The number of carboxylic acid groups (broad SMARTS) is 1. The second-order valence-electron chi connectivity index (χ2n) is 4.19. The van der Waals surface area contributed by atoms with Gasteiger partial charge >= 0.3 is 5.97 Å². The van der Waals surface area contributed by atoms with Crippen molar-refractivity contribution in [2.45, 2.75) is 20.4 Å². The van der Waals surface area contributed by atoms with Gasteiger partial charge < -0.3 is 10.0 Å². The largest absolute Gasteiger partial charge is 0.481 e. The molecule has 0 radical (unpaired) electrons. The van der Waals surface area contributed by atoms with E-state index in [-0.39, 0.29) is 5.91 Å². The molecule has 2 unspecified atom stereocenters. The van der Waals surface area contributed by atoms with Gasteiger partial charge in [0.15, 0.2) is 0 Å². The Balaban J connectivity index is 2.60. The summed E-state index contributed by atoms with van der Waals surface area (Å²) < 4.78 is 0. The molecule has 1 amide bonds. The predicted octanol–water partition coefficient (Wildman–Crippen LogP) is 2.06. The Morgan fingerprint density at radius 1 is 1.41 bits per heavy atom. The minimum absolute atomic E-state index is 0.131. The first-order valence-electron chi connectivity index (χ1n) is 5.43. The number of amides is 1. The molecular weight excluding hydrogens is 238 g/mol. The minimum atomic E-state index is -0.935. The fourth-order valence-electron chi connectivity index (χ4n) is 1.49. The van der Waals surface area contributed by atoms with E-state index >= 15 is 0 Å². The van der Waals surface area contributed by atoms with Gasteiger partial charge in [-0.05, 0) is 11.4 Å². The molecule has 1 aromatic rings. The molecule has 0 saturated heterocycles. The summed E-state index contributed by atoms with van der Waals surface area (Å²) >= 11 is 1.58. The lowest BCUT2D eigenvalue weighted by Crippen LogP contribution is -2.36. The first-order valence-corrected chi connectivity index (χ1v) is 6.31. The van der Waals surface area contributed by atoms with Crippen LogP contribution in [0.4, 0.5) is 0 Å². The summed E-state index contributed by atoms with van der Waals surface area (Å²) in [4.78, 5) is 25.5. The zero-order valence-electron chi connectivity index (χ0n) is 10.2. The van der Waals surface area contributed by atoms with Crippen LogP contribution in [-0.2, 0) is 16.1 Å². The highest BCUT2D eigenvalue weighted by Gasteiger charge is 2.27. The Kier molecular flexibility index (Phi) is 4.69. The number of aliphatic carboxylic acids is 1. The number of hydrogen-bond acceptors (Lipinski definition) is 3. The van der Waals surface area contributed by atoms with Crippen LogP contribution in [0.25, 0.3) is 0 Å². The summed E-state index contributed by atoms with van der Waals surface area (Å²) in [6, 6.07) is 3.89. The van der Waals surface area contributed by atoms with Crippen molar-refractivity contribution in [3.05, 3.63) is 22.4 Å². The fraction of sp³-hybridized carbons (Fsp3) is 0.500. The van der Waals surface area contributed by atoms with E-state index in [0.29, 0.717) is 6.54 Å². The van der Waals surface area contributed by atoms with E-state index in [0.717, 1.165) is 4.88 Å². The Morgan fingerprint density at radius 3 is 2.53 bits per heavy atom. The third-order valence-corrected chi connectivity index (χ3v) is 3.74. The Bertz CT molecular complexity index is 388. The van der Waals surface area contributed by atoms with Crippen LogP contribution in [0.3, 0.4) is 0 Å². The van der Waals surface area contributed by atoms with E-state index in [9.17, 15) is 9.59 Å². The van der Waals surface area contributed by atoms with Crippen LogP contribution in [0.15, 0.2) is 17.5 Å². The van der Waals surface area contributed by atoms with Gasteiger partial charge in [0.25, 0.3) is 0 Å². The molecule has 0 aromatic carbocycles. The first-order chi connectivity index (χ1) is 7.93. The van der Waals surface area contributed by atoms with Crippen LogP contribution in [0.2, 0.25) is 0 Å². The molecule has 1 aromatic heterocycles. The van der Waals surface area contributed by atoms with Crippen LogP contribution < -0.4 is 0 Å². The topological polar surface area (TPSA) is 57.6 Å². The standard InChI is InChI=1S/C12H17NO3S/c1-8(9(2)12(15)16)11(14)13(3)7-10-5-4-6-17-10/h4-6,8-9H,7H2,1-3H3,(H,15,16). The molecule has 0 aliphatic carbocycles. The van der Waals surface area contributed by atoms with Gasteiger partial charge in [0, 0.05) is 17.8 Å². The van der Waals surface area contributed by atoms with Crippen LogP contribution in [0.5, 0.6) is 0 Å². The summed E-state index contributed by atoms with van der Waals surface area (Å²) in [5, 5.41) is 10.8. The smallest absolute Gasteiger partial charge is 0.307 e. The molecule has 4 nitrogen and oxygen atoms in total. The van der Waals surface area contributed by atoms with Gasteiger partial charge in [-0.2, -0.15) is 0 Å². The summed E-state index contributed by atoms with van der Waals surface area (Å²) in [6.45, 7) is 3.75. The molecule has 94 valence electrons. The molecule has 0 aliphatic heterocycles. The molecule has 1 heterocycles. The summed E-state index contributed by atoms with van der Waals surface area (Å²) in [5.74, 6) is -2.23. The zero-order chi connectivity index (χ0) is 13.0. The molecule has 0 spiro atoms. The molecule has 2 atom stereocenters. The van der Waals surface area contributed by atoms with Gasteiger partial charge in [0.1, 0.15) is 0 Å². The van der Waals surface area contributed by atoms with Crippen molar-refractivity contribution in [3.63, 3.8) is 0 Å². The molecule has 1 N–H and O–H groups in total. The number of carboxylic acids is 1. The molecule has 0 aliphatic rings. The van der Waals surface area contributed by atoms with E-state index in [1.54, 1.807) is 37.1 Å². The highest BCUT2D eigenvalue weighted by Crippen LogP contribution is 2.17. The first kappa shape index (κ1) is 13.7. The third kappa shape index (κ3) is 3.56. The highest BCUT2D eigenvalue weighted by molar-refractivity contribution is 7.09. The third-order valence-electron chi connectivity index (χ3n) is 2.88. The molecule has 17 heavy (non-hydrogen) atoms. The second-order valence-corrected chi connectivity index (χ2v) is 5.22. The van der Waals surface area contributed by atoms with Crippen LogP contribution in [0, 0.1) is 11.8 Å². The second kappa shape index (κ2) is 5.82. The average molecular weight is 255 g/mol. The zero-order valence-corrected chi connectivity index (χ0v) is 11.0. The van der Waals surface area contributed by atoms with Crippen LogP contribution >= 0.6 is 11.3 Å². The Morgan fingerprint density at radius 2 is 2.06 bits per heavy atom. The van der Waals surface area contributed by atoms with Gasteiger partial charge in [0.05, 0.1) is 12.5 Å². The van der Waals surface area contributed by atoms with E-state index in [2.05, 4.69) is 0 Å². The Labute approximate surface area is 105 Å². The van der Waals surface area contributed by atoms with Gasteiger partial charge in [-0.1, -0.05) is 19.9 Å². The summed E-state index contributed by atoms with van der Waals surface area (Å²) in [7, 11) is 1.70.